The van der Waals surface area contributed by atoms with Crippen LogP contribution in [-0.4, -0.2) is 43.5 Å². The van der Waals surface area contributed by atoms with E-state index in [-0.39, 0.29) is 12.6 Å². The first-order valence-corrected chi connectivity index (χ1v) is 11.1. The van der Waals surface area contributed by atoms with Gasteiger partial charge in [0.15, 0.2) is 0 Å². The molecule has 32 heavy (non-hydrogen) atoms. The molecule has 0 fully saturated rings. The largest absolute Gasteiger partial charge is 0.491 e. The molecule has 0 saturated heterocycles. The molecule has 2 aromatic rings. The van der Waals surface area contributed by atoms with E-state index in [0.29, 0.717) is 26.2 Å². The number of benzene rings is 2. The van der Waals surface area contributed by atoms with E-state index in [4.69, 9.17) is 19.3 Å². The van der Waals surface area contributed by atoms with Gasteiger partial charge in [-0.1, -0.05) is 44.2 Å². The van der Waals surface area contributed by atoms with E-state index in [1.54, 1.807) is 13.8 Å². The Morgan fingerprint density at radius 1 is 0.812 bits per heavy atom. The second kappa shape index (κ2) is 13.1. The van der Waals surface area contributed by atoms with Crippen molar-refractivity contribution in [1.29, 1.82) is 0 Å². The Morgan fingerprint density at radius 3 is 1.97 bits per heavy atom. The minimum absolute atomic E-state index is 0.180. The molecule has 0 amide bonds. The predicted molar refractivity (Wildman–Crippen MR) is 127 cm³/mol. The summed E-state index contributed by atoms with van der Waals surface area (Å²) in [6.45, 7) is 12.6. The summed E-state index contributed by atoms with van der Waals surface area (Å²) < 4.78 is 16.3. The first kappa shape index (κ1) is 27.4. The van der Waals surface area contributed by atoms with Crippen LogP contribution in [0.25, 0.3) is 10.8 Å². The van der Waals surface area contributed by atoms with Gasteiger partial charge in [0.25, 0.3) is 0 Å². The molecule has 6 nitrogen and oxygen atoms in total. The lowest BCUT2D eigenvalue weighted by atomic mass is 9.91. The summed E-state index contributed by atoms with van der Waals surface area (Å²) in [5.41, 5.74) is -0.973. The van der Waals surface area contributed by atoms with Crippen molar-refractivity contribution in [3.05, 3.63) is 42.5 Å². The highest BCUT2D eigenvalue weighted by atomic mass is 16.6. The summed E-state index contributed by atoms with van der Waals surface area (Å²) in [5, 5.41) is 10.8. The molecule has 0 heterocycles. The molecule has 0 aliphatic rings. The van der Waals surface area contributed by atoms with Crippen LogP contribution in [0.4, 0.5) is 0 Å². The van der Waals surface area contributed by atoms with E-state index >= 15 is 0 Å². The maximum absolute atomic E-state index is 11.8. The normalized spacial score (nSPS) is 11.4. The Balaban J connectivity index is 0.000000547. The summed E-state index contributed by atoms with van der Waals surface area (Å²) in [7, 11) is 0. The van der Waals surface area contributed by atoms with Gasteiger partial charge in [0.1, 0.15) is 19.0 Å². The van der Waals surface area contributed by atoms with Crippen LogP contribution >= 0.6 is 0 Å². The maximum Gasteiger partial charge on any atom is 0.311 e. The second-order valence-corrected chi connectivity index (χ2v) is 8.89. The number of rotatable bonds is 11. The van der Waals surface area contributed by atoms with Gasteiger partial charge in [0.2, 0.25) is 0 Å². The van der Waals surface area contributed by atoms with Gasteiger partial charge in [-0.05, 0) is 63.4 Å². The number of esters is 1. The lowest BCUT2D eigenvalue weighted by Gasteiger charge is -2.20. The zero-order valence-corrected chi connectivity index (χ0v) is 20.3. The highest BCUT2D eigenvalue weighted by molar-refractivity contribution is 5.83. The van der Waals surface area contributed by atoms with Gasteiger partial charge < -0.3 is 19.3 Å². The van der Waals surface area contributed by atoms with Crippen LogP contribution in [0.2, 0.25) is 0 Å². The van der Waals surface area contributed by atoms with Gasteiger partial charge in [-0.15, -0.1) is 0 Å². The zero-order chi connectivity index (χ0) is 24.2. The number of hydrogen-bond acceptors (Lipinski definition) is 5. The summed E-state index contributed by atoms with van der Waals surface area (Å²) in [4.78, 5) is 22.0. The third-order valence-electron chi connectivity index (χ3n) is 5.58. The quantitative estimate of drug-likeness (QED) is 0.351. The van der Waals surface area contributed by atoms with Crippen LogP contribution in [0.3, 0.4) is 0 Å². The molecule has 0 radical (unpaired) electrons. The van der Waals surface area contributed by atoms with E-state index in [1.165, 1.54) is 5.39 Å². The molecule has 0 aliphatic heterocycles. The number of ether oxygens (including phenoxy) is 3. The fourth-order valence-electron chi connectivity index (χ4n) is 2.26. The summed E-state index contributed by atoms with van der Waals surface area (Å²) in [6, 6.07) is 14.2. The number of carbonyl (C=O) groups excluding carboxylic acids is 1. The molecule has 0 saturated carbocycles. The number of fused-ring (bicyclic) bond motifs is 1. The lowest BCUT2D eigenvalue weighted by Crippen LogP contribution is -2.27. The molecule has 0 atom stereocenters. The second-order valence-electron chi connectivity index (χ2n) is 8.89. The van der Waals surface area contributed by atoms with E-state index in [2.05, 4.69) is 12.1 Å². The molecule has 0 unspecified atom stereocenters. The molecule has 178 valence electrons. The number of carboxylic acid groups (broad SMARTS) is 1. The van der Waals surface area contributed by atoms with Crippen molar-refractivity contribution < 1.29 is 28.9 Å². The topological polar surface area (TPSA) is 82.1 Å². The third-order valence-corrected chi connectivity index (χ3v) is 5.58. The Morgan fingerprint density at radius 2 is 1.41 bits per heavy atom. The van der Waals surface area contributed by atoms with Gasteiger partial charge in [-0.25, -0.2) is 0 Å². The van der Waals surface area contributed by atoms with Gasteiger partial charge in [0.05, 0.1) is 24.0 Å². The predicted octanol–water partition coefficient (Wildman–Crippen LogP) is 5.72. The maximum atomic E-state index is 11.8. The fraction of sp³-hybridized carbons (Fsp3) is 0.538. The highest BCUT2D eigenvalue weighted by Crippen LogP contribution is 2.22. The average Bonchev–Trinajstić information content (AvgIpc) is 2.78. The van der Waals surface area contributed by atoms with Gasteiger partial charge in [-0.2, -0.15) is 0 Å². The number of aliphatic carboxylic acids is 1. The molecule has 2 aromatic carbocycles. The first-order valence-electron chi connectivity index (χ1n) is 11.1. The van der Waals surface area contributed by atoms with Crippen LogP contribution in [0.1, 0.15) is 54.4 Å². The van der Waals surface area contributed by atoms with Crippen molar-refractivity contribution in [2.24, 2.45) is 10.8 Å². The Kier molecular flexibility index (Phi) is 11.2. The van der Waals surface area contributed by atoms with Gasteiger partial charge in [0, 0.05) is 0 Å². The molecule has 0 aliphatic carbocycles. The molecule has 6 heteroatoms. The van der Waals surface area contributed by atoms with E-state index in [1.807, 2.05) is 58.0 Å². The average molecular weight is 447 g/mol. The van der Waals surface area contributed by atoms with Crippen LogP contribution < -0.4 is 4.74 Å². The Labute approximate surface area is 191 Å². The van der Waals surface area contributed by atoms with E-state index < -0.39 is 16.8 Å². The van der Waals surface area contributed by atoms with Crippen molar-refractivity contribution in [2.75, 3.05) is 26.4 Å². The highest BCUT2D eigenvalue weighted by Gasteiger charge is 2.26. The van der Waals surface area contributed by atoms with Gasteiger partial charge in [-0.3, -0.25) is 9.59 Å². The summed E-state index contributed by atoms with van der Waals surface area (Å²) >= 11 is 0. The number of hydrogen-bond donors (Lipinski definition) is 1. The summed E-state index contributed by atoms with van der Waals surface area (Å²) in [5.74, 6) is -0.0746. The van der Waals surface area contributed by atoms with E-state index in [0.717, 1.165) is 17.6 Å². The molecule has 1 N–H and O–H groups in total. The smallest absolute Gasteiger partial charge is 0.311 e. The lowest BCUT2D eigenvalue weighted by molar-refractivity contribution is -0.155. The zero-order valence-electron chi connectivity index (χ0n) is 20.3. The number of carboxylic acids is 1. The van der Waals surface area contributed by atoms with Crippen LogP contribution in [-0.2, 0) is 19.1 Å². The van der Waals surface area contributed by atoms with Crippen LogP contribution in [0.5, 0.6) is 5.75 Å². The molecular formula is C26H38O6. The van der Waals surface area contributed by atoms with Gasteiger partial charge >= 0.3 is 11.9 Å². The van der Waals surface area contributed by atoms with Crippen LogP contribution in [0, 0.1) is 10.8 Å². The third kappa shape index (κ3) is 9.27. The minimum Gasteiger partial charge on any atom is -0.491 e. The van der Waals surface area contributed by atoms with Crippen molar-refractivity contribution in [2.45, 2.75) is 54.4 Å². The summed E-state index contributed by atoms with van der Waals surface area (Å²) in [6.07, 6.45) is 1.44. The molecule has 2 rings (SSSR count). The van der Waals surface area contributed by atoms with Crippen molar-refractivity contribution in [1.82, 2.24) is 0 Å². The Bertz CT molecular complexity index is 856. The first-order chi connectivity index (χ1) is 15.0. The molecule has 0 aromatic heterocycles. The van der Waals surface area contributed by atoms with Crippen molar-refractivity contribution in [3.63, 3.8) is 0 Å². The number of carbonyl (C=O) groups is 2. The molecular weight excluding hydrogens is 408 g/mol. The standard InChI is InChI=1S/C20H26O4.C6H12O2/c1-4-20(2,3)19(21)24-14-12-22-11-13-23-18-10-9-16-7-5-6-8-17(16)15-18;1-4-6(2,3)5(7)8/h5-10,15H,4,11-14H2,1-3H3;4H2,1-3H3,(H,7,8). The molecule has 0 bridgehead atoms. The van der Waals surface area contributed by atoms with Crippen LogP contribution in [0.15, 0.2) is 42.5 Å². The van der Waals surface area contributed by atoms with Crippen molar-refractivity contribution in [3.8, 4) is 5.75 Å². The SMILES string of the molecule is CCC(C)(C)C(=O)O.CCC(C)(C)C(=O)OCCOCCOc1ccc2ccccc2c1. The van der Waals surface area contributed by atoms with Crippen molar-refractivity contribution >= 4 is 22.7 Å². The minimum atomic E-state index is -0.722. The monoisotopic (exact) mass is 446 g/mol. The Hall–Kier alpha value is -2.60. The van der Waals surface area contributed by atoms with E-state index in [9.17, 15) is 9.59 Å². The molecule has 0 spiro atoms. The fourth-order valence-corrected chi connectivity index (χ4v) is 2.26.